The van der Waals surface area contributed by atoms with Crippen LogP contribution in [0.3, 0.4) is 0 Å². The predicted molar refractivity (Wildman–Crippen MR) is 57.5 cm³/mol. The van der Waals surface area contributed by atoms with E-state index >= 15 is 0 Å². The van der Waals surface area contributed by atoms with Crippen LogP contribution in [-0.4, -0.2) is 16.7 Å². The first-order valence-electron chi connectivity index (χ1n) is 3.95. The van der Waals surface area contributed by atoms with Gasteiger partial charge in [-0.25, -0.2) is 0 Å². The fourth-order valence-electron chi connectivity index (χ4n) is 1.19. The van der Waals surface area contributed by atoms with Gasteiger partial charge in [-0.3, -0.25) is 4.98 Å². The number of halogens is 1. The highest BCUT2D eigenvalue weighted by molar-refractivity contribution is 14.1. The summed E-state index contributed by atoms with van der Waals surface area (Å²) in [5, 5.41) is 8.73. The third kappa shape index (κ3) is 1.68. The van der Waals surface area contributed by atoms with E-state index < -0.39 is 0 Å². The molecule has 0 saturated carbocycles. The van der Waals surface area contributed by atoms with E-state index in [-0.39, 0.29) is 6.61 Å². The maximum Gasteiger partial charge on any atom is 0.165 e. The Morgan fingerprint density at radius 1 is 1.54 bits per heavy atom. The Morgan fingerprint density at radius 3 is 3.08 bits per heavy atom. The monoisotopic (exact) mass is 289 g/mol. The number of nitrogens with zero attached hydrogens (tertiary/aromatic N) is 1. The topological polar surface area (TPSA) is 46.3 Å². The number of aliphatic hydroxyl groups is 1. The molecule has 0 atom stereocenters. The van der Waals surface area contributed by atoms with Crippen molar-refractivity contribution in [2.75, 3.05) is 6.61 Å². The van der Waals surface area contributed by atoms with Crippen molar-refractivity contribution in [2.24, 2.45) is 0 Å². The molecular weight excluding hydrogens is 281 g/mol. The Balaban J connectivity index is 2.55. The molecule has 0 aliphatic rings. The lowest BCUT2D eigenvalue weighted by Crippen LogP contribution is -1.85. The normalized spacial score (nSPS) is 10.9. The van der Waals surface area contributed by atoms with Crippen LogP contribution in [0.25, 0.3) is 11.1 Å². The number of pyridine rings is 1. The molecule has 3 nitrogen and oxygen atoms in total. The second kappa shape index (κ2) is 3.63. The second-order valence-electron chi connectivity index (χ2n) is 2.69. The number of fused-ring (bicyclic) bond motifs is 1. The molecule has 2 aromatic heterocycles. The third-order valence-electron chi connectivity index (χ3n) is 1.77. The molecule has 2 heterocycles. The van der Waals surface area contributed by atoms with Crippen LogP contribution in [0.2, 0.25) is 0 Å². The molecule has 4 heteroatoms. The van der Waals surface area contributed by atoms with Crippen molar-refractivity contribution >= 4 is 33.7 Å². The van der Waals surface area contributed by atoms with Crippen LogP contribution in [0.15, 0.2) is 22.7 Å². The zero-order valence-electron chi connectivity index (χ0n) is 6.83. The maximum atomic E-state index is 8.73. The Morgan fingerprint density at radius 2 is 2.38 bits per heavy atom. The molecule has 0 spiro atoms. The van der Waals surface area contributed by atoms with Crippen LogP contribution in [-0.2, 0) is 6.42 Å². The molecule has 2 aromatic rings. The quantitative estimate of drug-likeness (QED) is 0.860. The van der Waals surface area contributed by atoms with Crippen LogP contribution < -0.4 is 0 Å². The van der Waals surface area contributed by atoms with Crippen molar-refractivity contribution in [3.8, 4) is 0 Å². The molecule has 68 valence electrons. The lowest BCUT2D eigenvalue weighted by molar-refractivity contribution is 0.289. The molecule has 0 saturated heterocycles. The highest BCUT2D eigenvalue weighted by Crippen LogP contribution is 2.22. The molecular formula is C9H8INO2. The van der Waals surface area contributed by atoms with Gasteiger partial charge in [-0.1, -0.05) is 0 Å². The van der Waals surface area contributed by atoms with Crippen LogP contribution in [0.5, 0.6) is 0 Å². The zero-order chi connectivity index (χ0) is 9.26. The van der Waals surface area contributed by atoms with Gasteiger partial charge in [-0.2, -0.15) is 0 Å². The van der Waals surface area contributed by atoms with Crippen molar-refractivity contribution in [3.63, 3.8) is 0 Å². The minimum atomic E-state index is 0.108. The summed E-state index contributed by atoms with van der Waals surface area (Å²) in [6.07, 6.45) is 2.30. The van der Waals surface area contributed by atoms with Gasteiger partial charge >= 0.3 is 0 Å². The Kier molecular flexibility index (Phi) is 2.50. The largest absolute Gasteiger partial charge is 0.458 e. The van der Waals surface area contributed by atoms with E-state index in [0.29, 0.717) is 6.42 Å². The molecule has 13 heavy (non-hydrogen) atoms. The second-order valence-corrected chi connectivity index (χ2v) is 3.86. The van der Waals surface area contributed by atoms with Crippen LogP contribution in [0, 0.1) is 3.57 Å². The van der Waals surface area contributed by atoms with Crippen LogP contribution in [0.4, 0.5) is 0 Å². The van der Waals surface area contributed by atoms with Crippen molar-refractivity contribution in [3.05, 3.63) is 27.7 Å². The fourth-order valence-corrected chi connectivity index (χ4v) is 1.74. The molecule has 0 bridgehead atoms. The number of aliphatic hydroxyl groups excluding tert-OH is 1. The average Bonchev–Trinajstić information content (AvgIpc) is 2.49. The van der Waals surface area contributed by atoms with Crippen molar-refractivity contribution in [1.82, 2.24) is 4.98 Å². The number of hydrogen-bond donors (Lipinski definition) is 1. The molecule has 0 aliphatic carbocycles. The van der Waals surface area contributed by atoms with E-state index in [9.17, 15) is 0 Å². The zero-order valence-corrected chi connectivity index (χ0v) is 8.98. The summed E-state index contributed by atoms with van der Waals surface area (Å²) >= 11 is 2.20. The van der Waals surface area contributed by atoms with Crippen LogP contribution in [0.1, 0.15) is 5.76 Å². The van der Waals surface area contributed by atoms with E-state index in [0.717, 1.165) is 20.4 Å². The number of hydrogen-bond acceptors (Lipinski definition) is 3. The molecule has 1 N–H and O–H groups in total. The van der Waals surface area contributed by atoms with Crippen molar-refractivity contribution < 1.29 is 9.52 Å². The first-order chi connectivity index (χ1) is 6.31. The summed E-state index contributed by atoms with van der Waals surface area (Å²) in [5.74, 6) is 0.786. The summed E-state index contributed by atoms with van der Waals surface area (Å²) in [6.45, 7) is 0.108. The maximum absolute atomic E-state index is 8.73. The highest BCUT2D eigenvalue weighted by Gasteiger charge is 2.06. The standard InChI is InChI=1S/C9H8INO2/c10-7-1-3-11-8-5-6(2-4-12)13-9(7)8/h1,3,5,12H,2,4H2. The van der Waals surface area contributed by atoms with Gasteiger partial charge in [0, 0.05) is 18.7 Å². The lowest BCUT2D eigenvalue weighted by atomic mass is 10.3. The van der Waals surface area contributed by atoms with Crippen molar-refractivity contribution in [2.45, 2.75) is 6.42 Å². The van der Waals surface area contributed by atoms with E-state index in [1.165, 1.54) is 0 Å². The first kappa shape index (κ1) is 8.96. The average molecular weight is 289 g/mol. The smallest absolute Gasteiger partial charge is 0.165 e. The van der Waals surface area contributed by atoms with Gasteiger partial charge in [0.05, 0.1) is 10.2 Å². The summed E-state index contributed by atoms with van der Waals surface area (Å²) in [5.41, 5.74) is 1.67. The SMILES string of the molecule is OCCc1cc2nccc(I)c2o1. The van der Waals surface area contributed by atoms with Gasteiger partial charge in [0.2, 0.25) is 0 Å². The Hall–Kier alpha value is -0.620. The molecule has 0 unspecified atom stereocenters. The van der Waals surface area contributed by atoms with Gasteiger partial charge < -0.3 is 9.52 Å². The molecule has 2 rings (SSSR count). The first-order valence-corrected chi connectivity index (χ1v) is 5.03. The van der Waals surface area contributed by atoms with Gasteiger partial charge in [0.1, 0.15) is 11.3 Å². The lowest BCUT2D eigenvalue weighted by Gasteiger charge is -1.90. The van der Waals surface area contributed by atoms with E-state index in [2.05, 4.69) is 27.6 Å². The van der Waals surface area contributed by atoms with E-state index in [1.807, 2.05) is 12.1 Å². The van der Waals surface area contributed by atoms with Gasteiger partial charge in [-0.15, -0.1) is 0 Å². The minimum absolute atomic E-state index is 0.108. The molecule has 0 fully saturated rings. The third-order valence-corrected chi connectivity index (χ3v) is 2.62. The summed E-state index contributed by atoms with van der Waals surface area (Å²) in [6, 6.07) is 3.77. The van der Waals surface area contributed by atoms with E-state index in [4.69, 9.17) is 9.52 Å². The molecule has 0 amide bonds. The minimum Gasteiger partial charge on any atom is -0.458 e. The molecule has 0 aliphatic heterocycles. The van der Waals surface area contributed by atoms with E-state index in [1.54, 1.807) is 6.20 Å². The highest BCUT2D eigenvalue weighted by atomic mass is 127. The Bertz CT molecular complexity index is 424. The molecule has 0 aromatic carbocycles. The Labute approximate surface area is 88.9 Å². The van der Waals surface area contributed by atoms with Gasteiger partial charge in [-0.05, 0) is 28.7 Å². The summed E-state index contributed by atoms with van der Waals surface area (Å²) < 4.78 is 6.56. The predicted octanol–water partition coefficient (Wildman–Crippen LogP) is 1.97. The molecule has 0 radical (unpaired) electrons. The van der Waals surface area contributed by atoms with Gasteiger partial charge in [0.25, 0.3) is 0 Å². The van der Waals surface area contributed by atoms with Crippen molar-refractivity contribution in [1.29, 1.82) is 0 Å². The summed E-state index contributed by atoms with van der Waals surface area (Å²) in [7, 11) is 0. The number of aromatic nitrogens is 1. The fraction of sp³-hybridized carbons (Fsp3) is 0.222. The number of rotatable bonds is 2. The van der Waals surface area contributed by atoms with Crippen LogP contribution >= 0.6 is 22.6 Å². The van der Waals surface area contributed by atoms with Gasteiger partial charge in [0.15, 0.2) is 5.58 Å². The number of furan rings is 1. The summed E-state index contributed by atoms with van der Waals surface area (Å²) in [4.78, 5) is 4.16.